The van der Waals surface area contributed by atoms with E-state index in [9.17, 15) is 9.46 Å². The van der Waals surface area contributed by atoms with Crippen molar-refractivity contribution in [3.63, 3.8) is 0 Å². The Morgan fingerprint density at radius 1 is 0.765 bits per heavy atom. The second kappa shape index (κ2) is 21.6. The summed E-state index contributed by atoms with van der Waals surface area (Å²) in [7, 11) is 2.33. The maximum Gasteiger partial charge on any atom is 0.472 e. The third-order valence-electron chi connectivity index (χ3n) is 4.84. The maximum absolute atomic E-state index is 11.8. The topological polar surface area (TPSA) is 55.8 Å². The molecule has 188 valence electrons. The molecule has 0 aromatic heterocycles. The molecule has 0 heterocycles. The van der Waals surface area contributed by atoms with Crippen LogP contribution in [-0.2, 0) is 13.6 Å². The second-order valence-electron chi connectivity index (χ2n) is 9.14. The summed E-state index contributed by atoms with van der Waals surface area (Å²) in [5.41, 5.74) is 0. The van der Waals surface area contributed by atoms with Gasteiger partial charge >= 0.3 is 7.82 Å². The van der Waals surface area contributed by atoms with Crippen molar-refractivity contribution in [2.45, 2.75) is 77.0 Å². The van der Waals surface area contributed by atoms with E-state index < -0.39 is 7.82 Å². The Labute approximate surface area is 208 Å². The number of rotatable bonds is 19. The Hall–Kier alpha value is -1.95. The molecular formula is C28H43NO4P+. The lowest BCUT2D eigenvalue weighted by atomic mass is 10.1. The van der Waals surface area contributed by atoms with Crippen LogP contribution in [0.25, 0.3) is 0 Å². The zero-order valence-corrected chi connectivity index (χ0v) is 22.3. The molecule has 6 heteroatoms. The standard InChI is InChI=1S/C28H42NO4P/c1-5-6-7-8-9-10-11-12-13-14-15-16-17-18-19-20-21-22-23-24-27-32-34(30,31)33-28-25-26-29(2,3)4/h1,12-13H,14-28H2,2-4H3/p+1/b13-12-. The molecule has 0 fully saturated rings. The Morgan fingerprint density at radius 3 is 1.85 bits per heavy atom. The molecule has 0 aromatic rings. The summed E-state index contributed by atoms with van der Waals surface area (Å²) in [6, 6.07) is 0. The molecule has 5 nitrogen and oxygen atoms in total. The smallest absolute Gasteiger partial charge is 0.331 e. The van der Waals surface area contributed by atoms with Crippen molar-refractivity contribution < 1.29 is 23.0 Å². The summed E-state index contributed by atoms with van der Waals surface area (Å²) in [6.45, 7) is 1.41. The lowest BCUT2D eigenvalue weighted by Gasteiger charge is -2.23. The van der Waals surface area contributed by atoms with E-state index in [1.807, 2.05) is 6.08 Å². The van der Waals surface area contributed by atoms with Gasteiger partial charge in [-0.2, -0.15) is 0 Å². The van der Waals surface area contributed by atoms with Crippen molar-refractivity contribution in [3.05, 3.63) is 12.2 Å². The van der Waals surface area contributed by atoms with Crippen molar-refractivity contribution in [2.75, 3.05) is 40.9 Å². The highest BCUT2D eigenvalue weighted by molar-refractivity contribution is 7.47. The Balaban J connectivity index is 3.46. The quantitative estimate of drug-likeness (QED) is 0.110. The predicted octanol–water partition coefficient (Wildman–Crippen LogP) is 5.71. The van der Waals surface area contributed by atoms with Gasteiger partial charge in [-0.3, -0.25) is 9.05 Å². The molecular weight excluding hydrogens is 445 g/mol. The highest BCUT2D eigenvalue weighted by atomic mass is 31.2. The van der Waals surface area contributed by atoms with Crippen molar-refractivity contribution in [1.29, 1.82) is 0 Å². The average Bonchev–Trinajstić information content (AvgIpc) is 2.77. The normalized spacial score (nSPS) is 12.4. The molecule has 0 aliphatic rings. The number of hydrogen-bond acceptors (Lipinski definition) is 3. The Kier molecular flexibility index (Phi) is 20.3. The van der Waals surface area contributed by atoms with Gasteiger partial charge in [-0.25, -0.2) is 4.57 Å². The van der Waals surface area contributed by atoms with Gasteiger partial charge in [0.15, 0.2) is 0 Å². The molecule has 0 amide bonds. The molecule has 1 atom stereocenters. The number of terminal acetylenes is 1. The first kappa shape index (κ1) is 32.0. The largest absolute Gasteiger partial charge is 0.472 e. The molecule has 0 aliphatic heterocycles. The number of phosphoric acid groups is 1. The SMILES string of the molecule is C#CC#CC#CC#C/C=C\CCCCCCCCCCCCOP(=O)(O)OCCC[N+](C)(C)C. The van der Waals surface area contributed by atoms with Crippen LogP contribution in [0.4, 0.5) is 0 Å². The van der Waals surface area contributed by atoms with Crippen molar-refractivity contribution in [2.24, 2.45) is 0 Å². The van der Waals surface area contributed by atoms with Gasteiger partial charge in [0.1, 0.15) is 0 Å². The first-order chi connectivity index (χ1) is 16.3. The number of phosphoric ester groups is 1. The summed E-state index contributed by atoms with van der Waals surface area (Å²) in [4.78, 5) is 9.69. The van der Waals surface area contributed by atoms with Crippen LogP contribution in [0.2, 0.25) is 0 Å². The lowest BCUT2D eigenvalue weighted by molar-refractivity contribution is -0.870. The highest BCUT2D eigenvalue weighted by Gasteiger charge is 2.20. The highest BCUT2D eigenvalue weighted by Crippen LogP contribution is 2.43. The van der Waals surface area contributed by atoms with Crippen molar-refractivity contribution in [1.82, 2.24) is 0 Å². The van der Waals surface area contributed by atoms with Gasteiger partial charge < -0.3 is 9.38 Å². The van der Waals surface area contributed by atoms with Gasteiger partial charge in [0.05, 0.1) is 40.9 Å². The van der Waals surface area contributed by atoms with Crippen LogP contribution in [-0.4, -0.2) is 50.3 Å². The molecule has 1 unspecified atom stereocenters. The summed E-state index contributed by atoms with van der Waals surface area (Å²) in [5.74, 6) is 17.9. The molecule has 0 aliphatic carbocycles. The first-order valence-corrected chi connectivity index (χ1v) is 13.8. The number of hydrogen-bond donors (Lipinski definition) is 1. The predicted molar refractivity (Wildman–Crippen MR) is 141 cm³/mol. The third kappa shape index (κ3) is 26.3. The number of nitrogens with zero attached hydrogens (tertiary/aromatic N) is 1. The number of allylic oxidation sites excluding steroid dienone is 2. The molecule has 34 heavy (non-hydrogen) atoms. The van der Waals surface area contributed by atoms with Crippen molar-refractivity contribution >= 4 is 7.82 Å². The van der Waals surface area contributed by atoms with E-state index >= 15 is 0 Å². The van der Waals surface area contributed by atoms with Gasteiger partial charge in [-0.15, -0.1) is 6.42 Å². The summed E-state index contributed by atoms with van der Waals surface area (Å²) in [6.07, 6.45) is 22.3. The molecule has 0 aromatic carbocycles. The fourth-order valence-electron chi connectivity index (χ4n) is 3.06. The fraction of sp³-hybridized carbons (Fsp3) is 0.643. The Bertz CT molecular complexity index is 832. The molecule has 0 saturated heterocycles. The van der Waals surface area contributed by atoms with Gasteiger partial charge in [-0.05, 0) is 60.9 Å². The van der Waals surface area contributed by atoms with Gasteiger partial charge in [-0.1, -0.05) is 63.4 Å². The lowest BCUT2D eigenvalue weighted by Crippen LogP contribution is -2.35. The minimum absolute atomic E-state index is 0.245. The van der Waals surface area contributed by atoms with E-state index in [-0.39, 0.29) is 13.2 Å². The minimum atomic E-state index is -3.90. The van der Waals surface area contributed by atoms with E-state index in [0.717, 1.165) is 43.1 Å². The Morgan fingerprint density at radius 2 is 1.26 bits per heavy atom. The molecule has 0 radical (unpaired) electrons. The zero-order chi connectivity index (χ0) is 25.4. The summed E-state index contributed by atoms with van der Waals surface area (Å²) < 4.78 is 22.7. The first-order valence-electron chi connectivity index (χ1n) is 12.3. The fourth-order valence-corrected chi connectivity index (χ4v) is 3.86. The third-order valence-corrected chi connectivity index (χ3v) is 5.86. The van der Waals surface area contributed by atoms with E-state index in [0.29, 0.717) is 0 Å². The van der Waals surface area contributed by atoms with Crippen LogP contribution >= 0.6 is 7.82 Å². The molecule has 0 rings (SSSR count). The minimum Gasteiger partial charge on any atom is -0.331 e. The van der Waals surface area contributed by atoms with E-state index in [1.165, 1.54) is 44.9 Å². The van der Waals surface area contributed by atoms with Gasteiger partial charge in [0.25, 0.3) is 0 Å². The maximum atomic E-state index is 11.8. The van der Waals surface area contributed by atoms with Gasteiger partial charge in [0, 0.05) is 6.42 Å². The van der Waals surface area contributed by atoms with Crippen LogP contribution in [0.15, 0.2) is 12.2 Å². The van der Waals surface area contributed by atoms with Crippen LogP contribution in [0.1, 0.15) is 77.0 Å². The van der Waals surface area contributed by atoms with Crippen LogP contribution < -0.4 is 0 Å². The van der Waals surface area contributed by atoms with E-state index in [1.54, 1.807) is 0 Å². The van der Waals surface area contributed by atoms with Gasteiger partial charge in [0.2, 0.25) is 0 Å². The van der Waals surface area contributed by atoms with Crippen LogP contribution in [0, 0.1) is 47.9 Å². The summed E-state index contributed by atoms with van der Waals surface area (Å²) >= 11 is 0. The van der Waals surface area contributed by atoms with E-state index in [2.05, 4.69) is 68.7 Å². The second-order valence-corrected chi connectivity index (χ2v) is 10.6. The molecule has 0 spiro atoms. The average molecular weight is 489 g/mol. The van der Waals surface area contributed by atoms with Crippen LogP contribution in [0.5, 0.6) is 0 Å². The van der Waals surface area contributed by atoms with E-state index in [4.69, 9.17) is 15.5 Å². The molecule has 1 N–H and O–H groups in total. The number of unbranched alkanes of at least 4 members (excludes halogenated alkanes) is 10. The monoisotopic (exact) mass is 488 g/mol. The molecule has 0 bridgehead atoms. The zero-order valence-electron chi connectivity index (χ0n) is 21.4. The molecule has 0 saturated carbocycles. The number of quaternary nitrogens is 1. The van der Waals surface area contributed by atoms with Crippen LogP contribution in [0.3, 0.4) is 0 Å². The van der Waals surface area contributed by atoms with Crippen molar-refractivity contribution in [3.8, 4) is 47.9 Å². The summed E-state index contributed by atoms with van der Waals surface area (Å²) in [5, 5.41) is 0.